The molecule has 5 aliphatic rings. The van der Waals surface area contributed by atoms with Crippen molar-refractivity contribution in [2.45, 2.75) is 75.4 Å². The van der Waals surface area contributed by atoms with Gasteiger partial charge in [0.2, 0.25) is 0 Å². The Balaban J connectivity index is 0.000000287. The van der Waals surface area contributed by atoms with Crippen LogP contribution in [0.3, 0.4) is 0 Å². The van der Waals surface area contributed by atoms with Crippen LogP contribution in [0.2, 0.25) is 5.02 Å². The second kappa shape index (κ2) is 8.29. The van der Waals surface area contributed by atoms with Crippen LogP contribution in [-0.4, -0.2) is 32.0 Å². The number of halogens is 4. The lowest BCUT2D eigenvalue weighted by Crippen LogP contribution is -2.50. The second-order valence-electron chi connectivity index (χ2n) is 10.3. The molecule has 4 fully saturated rings. The summed E-state index contributed by atoms with van der Waals surface area (Å²) >= 11 is 6.09. The number of alkyl halides is 3. The summed E-state index contributed by atoms with van der Waals surface area (Å²) < 4.78 is 34.3. The highest BCUT2D eigenvalue weighted by atomic mass is 35.5. The van der Waals surface area contributed by atoms with Gasteiger partial charge < -0.3 is 9.67 Å². The van der Waals surface area contributed by atoms with E-state index in [0.717, 1.165) is 35.7 Å². The molecule has 33 heavy (non-hydrogen) atoms. The van der Waals surface area contributed by atoms with Gasteiger partial charge in [0.25, 0.3) is 0 Å². The maximum absolute atomic E-state index is 10.6. The number of aliphatic carboxylic acids is 1. The number of aryl methyl sites for hydroxylation is 1. The van der Waals surface area contributed by atoms with E-state index in [2.05, 4.69) is 21.8 Å². The van der Waals surface area contributed by atoms with Crippen LogP contribution < -0.4 is 0 Å². The fourth-order valence-corrected chi connectivity index (χ4v) is 7.24. The highest BCUT2D eigenvalue weighted by Gasteiger charge is 2.54. The van der Waals surface area contributed by atoms with E-state index in [1.807, 2.05) is 12.1 Å². The fourth-order valence-electron chi connectivity index (χ4n) is 7.11. The molecule has 0 amide bonds. The number of rotatable bonds is 2. The summed E-state index contributed by atoms with van der Waals surface area (Å²) in [7, 11) is 0. The molecule has 1 aromatic heterocycles. The van der Waals surface area contributed by atoms with Gasteiger partial charge >= 0.3 is 12.1 Å². The predicted octanol–water partition coefficient (Wildman–Crippen LogP) is 5.76. The summed E-state index contributed by atoms with van der Waals surface area (Å²) in [5.41, 5.74) is 1.74. The smallest absolute Gasteiger partial charge is 0.475 e. The predicted molar refractivity (Wildman–Crippen MR) is 116 cm³/mol. The zero-order valence-electron chi connectivity index (χ0n) is 18.2. The van der Waals surface area contributed by atoms with Crippen LogP contribution in [0.4, 0.5) is 13.2 Å². The van der Waals surface area contributed by atoms with Crippen molar-refractivity contribution in [2.24, 2.45) is 17.8 Å². The Kier molecular flexibility index (Phi) is 5.70. The Morgan fingerprint density at radius 2 is 1.58 bits per heavy atom. The van der Waals surface area contributed by atoms with Gasteiger partial charge in [0.15, 0.2) is 0 Å². The number of aromatic nitrogens is 3. The van der Waals surface area contributed by atoms with Gasteiger partial charge in [-0.25, -0.2) is 4.79 Å². The number of hydrogen-bond acceptors (Lipinski definition) is 3. The summed E-state index contributed by atoms with van der Waals surface area (Å²) in [4.78, 5) is 8.90. The van der Waals surface area contributed by atoms with Gasteiger partial charge in [-0.3, -0.25) is 0 Å². The molecule has 0 radical (unpaired) electrons. The molecule has 1 aromatic carbocycles. The Hall–Kier alpha value is -2.09. The minimum absolute atomic E-state index is 0.335. The van der Waals surface area contributed by atoms with Crippen LogP contribution >= 0.6 is 11.6 Å². The van der Waals surface area contributed by atoms with E-state index in [-0.39, 0.29) is 0 Å². The van der Waals surface area contributed by atoms with Crippen molar-refractivity contribution in [1.82, 2.24) is 14.8 Å². The third kappa shape index (κ3) is 4.38. The molecular formula is C24H27ClF3N3O2. The highest BCUT2D eigenvalue weighted by Crippen LogP contribution is 2.60. The van der Waals surface area contributed by atoms with E-state index < -0.39 is 12.1 Å². The number of fused-ring (bicyclic) bond motifs is 1. The lowest BCUT2D eigenvalue weighted by molar-refractivity contribution is -0.192. The van der Waals surface area contributed by atoms with E-state index >= 15 is 0 Å². The second-order valence-corrected chi connectivity index (χ2v) is 10.8. The van der Waals surface area contributed by atoms with Gasteiger partial charge in [0.05, 0.1) is 0 Å². The van der Waals surface area contributed by atoms with E-state index in [1.165, 1.54) is 62.2 Å². The molecule has 4 aliphatic carbocycles. The van der Waals surface area contributed by atoms with Crippen molar-refractivity contribution in [3.63, 3.8) is 0 Å². The van der Waals surface area contributed by atoms with Crippen molar-refractivity contribution >= 4 is 17.6 Å². The normalized spacial score (nSPS) is 32.1. The summed E-state index contributed by atoms with van der Waals surface area (Å²) in [6.45, 7) is 1.04. The number of hydrogen-bond donors (Lipinski definition) is 1. The van der Waals surface area contributed by atoms with Gasteiger partial charge in [-0.2, -0.15) is 13.2 Å². The summed E-state index contributed by atoms with van der Waals surface area (Å²) in [6.07, 6.45) is 5.66. The molecular weight excluding hydrogens is 455 g/mol. The fraction of sp³-hybridized carbons (Fsp3) is 0.625. The van der Waals surface area contributed by atoms with Gasteiger partial charge in [-0.15, -0.1) is 10.2 Å². The van der Waals surface area contributed by atoms with Crippen LogP contribution in [-0.2, 0) is 23.2 Å². The monoisotopic (exact) mass is 481 g/mol. The van der Waals surface area contributed by atoms with Gasteiger partial charge in [-0.05, 0) is 80.4 Å². The van der Waals surface area contributed by atoms with Crippen LogP contribution in [0.15, 0.2) is 24.3 Å². The number of carboxylic acid groups (broad SMARTS) is 1. The lowest BCUT2D eigenvalue weighted by atomic mass is 9.49. The van der Waals surface area contributed by atoms with Crippen LogP contribution in [0.25, 0.3) is 0 Å². The van der Waals surface area contributed by atoms with Crippen molar-refractivity contribution < 1.29 is 23.1 Å². The zero-order valence-corrected chi connectivity index (χ0v) is 18.9. The van der Waals surface area contributed by atoms with Gasteiger partial charge in [0.1, 0.15) is 11.6 Å². The SMILES string of the molecule is Clc1ccc(C2CCc3nnc(C45CC6CC(CC(C6)C4)C5)n3C2)cc1.O=C(O)C(F)(F)F. The average Bonchev–Trinajstić information content (AvgIpc) is 3.17. The largest absolute Gasteiger partial charge is 0.490 e. The van der Waals surface area contributed by atoms with Crippen molar-refractivity contribution in [1.29, 1.82) is 0 Å². The molecule has 9 heteroatoms. The standard InChI is InChI=1S/C22H26ClN3.C2HF3O2/c23-19-4-1-17(2-5-19)18-3-6-20-24-25-21(26(20)13-18)22-10-14-7-15(11-22)9-16(8-14)12-22;3-2(4,5)1(6)7/h1-2,4-5,14-16,18H,3,6-13H2;(H,6,7). The third-order valence-electron chi connectivity index (χ3n) is 8.04. The maximum atomic E-state index is 10.6. The van der Waals surface area contributed by atoms with E-state index in [4.69, 9.17) is 26.6 Å². The van der Waals surface area contributed by atoms with Crippen LogP contribution in [0, 0.1) is 17.8 Å². The van der Waals surface area contributed by atoms with Gasteiger partial charge in [-0.1, -0.05) is 23.7 Å². The summed E-state index contributed by atoms with van der Waals surface area (Å²) in [5.74, 6) is 3.21. The Labute approximate surface area is 195 Å². The van der Waals surface area contributed by atoms with E-state index in [1.54, 1.807) is 0 Å². The minimum atomic E-state index is -5.08. The first kappa shape index (κ1) is 22.7. The minimum Gasteiger partial charge on any atom is -0.475 e. The molecule has 2 heterocycles. The molecule has 1 aliphatic heterocycles. The molecule has 2 aromatic rings. The number of carbonyl (C=O) groups is 1. The Bertz CT molecular complexity index is 999. The maximum Gasteiger partial charge on any atom is 0.490 e. The average molecular weight is 482 g/mol. The molecule has 1 atom stereocenters. The van der Waals surface area contributed by atoms with Crippen LogP contribution in [0.1, 0.15) is 68.1 Å². The molecule has 5 nitrogen and oxygen atoms in total. The molecule has 4 bridgehead atoms. The Morgan fingerprint density at radius 1 is 1.03 bits per heavy atom. The zero-order chi connectivity index (χ0) is 23.4. The molecule has 4 saturated carbocycles. The van der Waals surface area contributed by atoms with E-state index in [0.29, 0.717) is 11.3 Å². The molecule has 7 rings (SSSR count). The summed E-state index contributed by atoms with van der Waals surface area (Å²) in [5, 5.41) is 17.4. The number of benzene rings is 1. The first-order valence-electron chi connectivity index (χ1n) is 11.6. The Morgan fingerprint density at radius 3 is 2.09 bits per heavy atom. The van der Waals surface area contributed by atoms with Gasteiger partial charge in [0, 0.05) is 29.3 Å². The third-order valence-corrected chi connectivity index (χ3v) is 8.30. The molecule has 0 saturated heterocycles. The highest BCUT2D eigenvalue weighted by molar-refractivity contribution is 6.30. The van der Waals surface area contributed by atoms with E-state index in [9.17, 15) is 13.2 Å². The quantitative estimate of drug-likeness (QED) is 0.592. The number of nitrogens with zero attached hydrogens (tertiary/aromatic N) is 3. The molecule has 1 unspecified atom stereocenters. The molecule has 178 valence electrons. The van der Waals surface area contributed by atoms with Crippen molar-refractivity contribution in [3.8, 4) is 0 Å². The lowest BCUT2D eigenvalue weighted by Gasteiger charge is -2.56. The topological polar surface area (TPSA) is 68.0 Å². The summed E-state index contributed by atoms with van der Waals surface area (Å²) in [6, 6.07) is 8.45. The first-order chi connectivity index (χ1) is 15.6. The molecule has 1 N–H and O–H groups in total. The van der Waals surface area contributed by atoms with Crippen molar-refractivity contribution in [2.75, 3.05) is 0 Å². The van der Waals surface area contributed by atoms with Crippen LogP contribution in [0.5, 0.6) is 0 Å². The molecule has 0 spiro atoms. The number of carboxylic acids is 1. The first-order valence-corrected chi connectivity index (χ1v) is 12.0. The van der Waals surface area contributed by atoms with Crippen molar-refractivity contribution in [3.05, 3.63) is 46.5 Å².